The lowest BCUT2D eigenvalue weighted by Gasteiger charge is -2.34. The zero-order valence-corrected chi connectivity index (χ0v) is 38.3. The van der Waals surface area contributed by atoms with E-state index < -0.39 is 0 Å². The predicted octanol–water partition coefficient (Wildman–Crippen LogP) is 17.6. The lowest BCUT2D eigenvalue weighted by Crippen LogP contribution is -2.17. The summed E-state index contributed by atoms with van der Waals surface area (Å²) in [5, 5.41) is 1.28. The normalized spacial score (nSPS) is 16.2. The Morgan fingerprint density at radius 2 is 1.35 bits per heavy atom. The highest BCUT2D eigenvalue weighted by Crippen LogP contribution is 2.53. The van der Waals surface area contributed by atoms with Crippen LogP contribution in [0.4, 0.5) is 11.4 Å². The topological polar surface area (TPSA) is 8.17 Å². The van der Waals surface area contributed by atoms with Gasteiger partial charge < -0.3 is 9.47 Å². The van der Waals surface area contributed by atoms with Crippen LogP contribution in [0.5, 0.6) is 0 Å². The zero-order valence-electron chi connectivity index (χ0n) is 38.3. The fraction of sp³-hybridized carbons (Fsp3) is 0.125. The average Bonchev–Trinajstić information content (AvgIpc) is 3.46. The molecule has 6 aromatic carbocycles. The number of hydrogen-bond donors (Lipinski definition) is 0. The van der Waals surface area contributed by atoms with Crippen molar-refractivity contribution < 1.29 is 0 Å². The quantitative estimate of drug-likeness (QED) is 0.124. The maximum absolute atomic E-state index is 5.08. The average molecular weight is 853 g/mol. The van der Waals surface area contributed by atoms with E-state index in [4.69, 9.17) is 6.58 Å². The second kappa shape index (κ2) is 18.8. The Hall–Kier alpha value is -7.68. The number of nitrogens with zero attached hydrogens (tertiary/aromatic N) is 2. The van der Waals surface area contributed by atoms with Crippen LogP contribution in [-0.4, -0.2) is 4.57 Å². The molecule has 0 fully saturated rings. The number of rotatable bonds is 10. The van der Waals surface area contributed by atoms with Gasteiger partial charge in [-0.15, -0.1) is 0 Å². The number of allylic oxidation sites excluding steroid dienone is 15. The molecule has 66 heavy (non-hydrogen) atoms. The van der Waals surface area contributed by atoms with E-state index in [1.54, 1.807) is 0 Å². The van der Waals surface area contributed by atoms with E-state index in [-0.39, 0.29) is 0 Å². The number of para-hydroxylation sites is 2. The van der Waals surface area contributed by atoms with Crippen molar-refractivity contribution in [2.75, 3.05) is 4.90 Å². The number of fused-ring (bicyclic) bond motifs is 4. The molecule has 2 nitrogen and oxygen atoms in total. The number of hydrogen-bond acceptors (Lipinski definition) is 1. The molecule has 0 spiro atoms. The van der Waals surface area contributed by atoms with Gasteiger partial charge in [-0.05, 0) is 149 Å². The van der Waals surface area contributed by atoms with Crippen molar-refractivity contribution in [2.24, 2.45) is 0 Å². The molecule has 322 valence electrons. The van der Waals surface area contributed by atoms with E-state index in [2.05, 4.69) is 243 Å². The van der Waals surface area contributed by atoms with E-state index in [0.29, 0.717) is 0 Å². The van der Waals surface area contributed by atoms with Gasteiger partial charge in [0.15, 0.2) is 0 Å². The first-order valence-corrected chi connectivity index (χ1v) is 23.6. The third kappa shape index (κ3) is 7.94. The minimum atomic E-state index is 0.896. The number of anilines is 2. The van der Waals surface area contributed by atoms with Crippen molar-refractivity contribution in [2.45, 2.75) is 52.9 Å². The van der Waals surface area contributed by atoms with Crippen molar-refractivity contribution in [1.29, 1.82) is 0 Å². The molecule has 1 aromatic heterocycles. The molecule has 2 aliphatic carbocycles. The highest BCUT2D eigenvalue weighted by molar-refractivity contribution is 6.07. The van der Waals surface area contributed by atoms with Gasteiger partial charge in [0, 0.05) is 45.3 Å². The molecule has 0 unspecified atom stereocenters. The Bertz CT molecular complexity index is 3230. The molecule has 2 heteroatoms. The van der Waals surface area contributed by atoms with Crippen molar-refractivity contribution in [1.82, 2.24) is 4.57 Å². The summed E-state index contributed by atoms with van der Waals surface area (Å²) >= 11 is 0. The first-order chi connectivity index (χ1) is 32.5. The standard InChI is InChI=1S/C64H56N2/c1-5-7-25-48(24-6-2)63-62(50-30-17-11-18-31-50)46(4)61(49-28-15-10-16-29-49)60-45(3)42-53(40-41-65(64(60)63)55-35-23-32-51(43-55)47-26-13-8-9-14-27-47)52-38-39-59-57(44-52)56-36-21-22-37-58(56)66(59)54-33-19-12-20-34-54/h7-13,15-37,40-44H,3,5-6,14,38-39H2,1-2,4H3/b25-7-,41-40-,48-24+,53-42+. The van der Waals surface area contributed by atoms with Crippen LogP contribution in [0.3, 0.4) is 0 Å². The highest BCUT2D eigenvalue weighted by Gasteiger charge is 2.31. The van der Waals surface area contributed by atoms with Gasteiger partial charge in [-0.25, -0.2) is 0 Å². The third-order valence-corrected chi connectivity index (χ3v) is 13.2. The van der Waals surface area contributed by atoms with Crippen molar-refractivity contribution in [3.05, 3.63) is 258 Å². The molecule has 1 aliphatic heterocycles. The summed E-state index contributed by atoms with van der Waals surface area (Å²) in [5.41, 5.74) is 22.8. The smallest absolute Gasteiger partial charge is 0.0624 e. The monoisotopic (exact) mass is 852 g/mol. The summed E-state index contributed by atoms with van der Waals surface area (Å²) in [6.07, 6.45) is 32.2. The van der Waals surface area contributed by atoms with Gasteiger partial charge in [0.2, 0.25) is 0 Å². The van der Waals surface area contributed by atoms with Gasteiger partial charge in [-0.3, -0.25) is 0 Å². The molecule has 3 aliphatic rings. The molecule has 0 N–H and O–H groups in total. The Morgan fingerprint density at radius 1 is 0.652 bits per heavy atom. The molecule has 0 saturated heterocycles. The Kier molecular flexibility index (Phi) is 12.0. The van der Waals surface area contributed by atoms with Crippen molar-refractivity contribution >= 4 is 45.1 Å². The first kappa shape index (κ1) is 42.3. The largest absolute Gasteiger partial charge is 0.316 e. The van der Waals surface area contributed by atoms with Gasteiger partial charge in [0.1, 0.15) is 0 Å². The molecular formula is C64H56N2. The Labute approximate surface area is 391 Å². The van der Waals surface area contributed by atoms with Crippen LogP contribution in [0.25, 0.3) is 61.6 Å². The maximum atomic E-state index is 5.08. The first-order valence-electron chi connectivity index (χ1n) is 23.6. The molecule has 0 atom stereocenters. The van der Waals surface area contributed by atoms with Crippen LogP contribution in [0.15, 0.2) is 224 Å². The SMILES string of the molecule is C=C1/C=C(C2=Cc3c(n(-c4ccccc4)c4ccccc34)CC2)\C=C/N(c2cccc(C3=CCC=CC=C3)c2)c2c1c(-c1ccccc1)c(C)c(-c1ccccc1)c2C(/C=C\CC)=C/CC. The molecule has 0 radical (unpaired) electrons. The molecule has 7 aromatic rings. The minimum Gasteiger partial charge on any atom is -0.316 e. The summed E-state index contributed by atoms with van der Waals surface area (Å²) in [6, 6.07) is 50.8. The molecule has 10 rings (SSSR count). The fourth-order valence-corrected chi connectivity index (χ4v) is 10.3. The lowest BCUT2D eigenvalue weighted by molar-refractivity contribution is 0.864. The van der Waals surface area contributed by atoms with Crippen LogP contribution in [0.2, 0.25) is 0 Å². The summed E-state index contributed by atoms with van der Waals surface area (Å²) in [6.45, 7) is 11.9. The van der Waals surface area contributed by atoms with Crippen LogP contribution in [0, 0.1) is 6.92 Å². The van der Waals surface area contributed by atoms with E-state index in [9.17, 15) is 0 Å². The van der Waals surface area contributed by atoms with Gasteiger partial charge in [0.25, 0.3) is 0 Å². The fourth-order valence-electron chi connectivity index (χ4n) is 10.3. The van der Waals surface area contributed by atoms with Gasteiger partial charge in [0.05, 0.1) is 11.2 Å². The minimum absolute atomic E-state index is 0.896. The van der Waals surface area contributed by atoms with Crippen molar-refractivity contribution in [3.8, 4) is 27.9 Å². The molecule has 2 heterocycles. The van der Waals surface area contributed by atoms with Crippen LogP contribution >= 0.6 is 0 Å². The van der Waals surface area contributed by atoms with Crippen LogP contribution < -0.4 is 4.90 Å². The zero-order chi connectivity index (χ0) is 45.0. The lowest BCUT2D eigenvalue weighted by atomic mass is 9.78. The Balaban J connectivity index is 1.28. The number of benzene rings is 6. The molecular weight excluding hydrogens is 797 g/mol. The van der Waals surface area contributed by atoms with E-state index in [1.807, 2.05) is 0 Å². The van der Waals surface area contributed by atoms with Gasteiger partial charge >= 0.3 is 0 Å². The van der Waals surface area contributed by atoms with Crippen molar-refractivity contribution in [3.63, 3.8) is 0 Å². The second-order valence-electron chi connectivity index (χ2n) is 17.3. The van der Waals surface area contributed by atoms with Crippen LogP contribution in [0.1, 0.15) is 73.0 Å². The van der Waals surface area contributed by atoms with Gasteiger partial charge in [-0.2, -0.15) is 0 Å². The maximum Gasteiger partial charge on any atom is 0.0624 e. The van der Waals surface area contributed by atoms with E-state index >= 15 is 0 Å². The summed E-state index contributed by atoms with van der Waals surface area (Å²) in [7, 11) is 0. The van der Waals surface area contributed by atoms with Gasteiger partial charge in [-0.1, -0.05) is 178 Å². The predicted molar refractivity (Wildman–Crippen MR) is 285 cm³/mol. The third-order valence-electron chi connectivity index (χ3n) is 13.2. The number of aromatic nitrogens is 1. The van der Waals surface area contributed by atoms with Crippen LogP contribution in [-0.2, 0) is 6.42 Å². The second-order valence-corrected chi connectivity index (χ2v) is 17.3. The van der Waals surface area contributed by atoms with E-state index in [0.717, 1.165) is 54.6 Å². The molecule has 0 amide bonds. The van der Waals surface area contributed by atoms with E-state index in [1.165, 1.54) is 89.1 Å². The Morgan fingerprint density at radius 3 is 2.11 bits per heavy atom. The summed E-state index contributed by atoms with van der Waals surface area (Å²) in [4.78, 5) is 2.48. The summed E-state index contributed by atoms with van der Waals surface area (Å²) in [5.74, 6) is 0. The molecule has 0 saturated carbocycles. The summed E-state index contributed by atoms with van der Waals surface area (Å²) < 4.78 is 2.47. The molecule has 0 bridgehead atoms. The highest BCUT2D eigenvalue weighted by atomic mass is 15.1.